The molecule has 0 spiro atoms. The van der Waals surface area contributed by atoms with Crippen molar-refractivity contribution >= 4 is 40.5 Å². The van der Waals surface area contributed by atoms with Crippen LogP contribution in [0.5, 0.6) is 11.5 Å². The summed E-state index contributed by atoms with van der Waals surface area (Å²) in [5.41, 5.74) is 10.3. The number of hydrogen-bond acceptors (Lipinski definition) is 2. The minimum absolute atomic E-state index is 0. The summed E-state index contributed by atoms with van der Waals surface area (Å²) in [7, 11) is 4.94. The third-order valence-electron chi connectivity index (χ3n) is 8.02. The molecule has 0 aromatic heterocycles. The molecule has 0 aliphatic heterocycles. The van der Waals surface area contributed by atoms with Crippen LogP contribution in [0.4, 0.5) is 0 Å². The first-order valence-corrected chi connectivity index (χ1v) is 15.9. The van der Waals surface area contributed by atoms with Crippen LogP contribution in [-0.2, 0) is 0 Å². The van der Waals surface area contributed by atoms with Crippen molar-refractivity contribution < 1.29 is 160 Å². The van der Waals surface area contributed by atoms with Crippen molar-refractivity contribution in [1.29, 1.82) is 0 Å². The second kappa shape index (κ2) is 22.1. The first kappa shape index (κ1) is 45.7. The van der Waals surface area contributed by atoms with E-state index in [0.717, 1.165) is 66.4 Å². The second-order valence-electron chi connectivity index (χ2n) is 11.3. The zero-order chi connectivity index (χ0) is 31.3. The Balaban J connectivity index is 0.000000563. The molecule has 0 bridgehead atoms. The smallest absolute Gasteiger partial charge is 0.138 e. The number of fused-ring (bicyclic) bond motifs is 2. The Morgan fingerprint density at radius 2 is 0.694 bits per heavy atom. The van der Waals surface area contributed by atoms with E-state index in [9.17, 15) is 0 Å². The molecule has 7 aromatic rings. The largest absolute Gasteiger partial charge is 0.479 e. The van der Waals surface area contributed by atoms with Gasteiger partial charge in [-0.1, -0.05) is 144 Å². The predicted octanol–water partition coefficient (Wildman–Crippen LogP) is 11.9. The number of benzene rings is 7. The molecule has 2 nitrogen and oxygen atoms in total. The summed E-state index contributed by atoms with van der Waals surface area (Å²) in [5.74, 6) is 1.59. The van der Waals surface area contributed by atoms with E-state index in [-0.39, 0.29) is 151 Å². The molecular formula is C41H36Ar4O2P2. The molecule has 0 radical (unpaired) electrons. The molecule has 0 heterocycles. The molecule has 2 atom stereocenters. The van der Waals surface area contributed by atoms with E-state index in [1.54, 1.807) is 0 Å². The van der Waals surface area contributed by atoms with Crippen LogP contribution in [0.3, 0.4) is 0 Å². The van der Waals surface area contributed by atoms with Crippen molar-refractivity contribution in [1.82, 2.24) is 0 Å². The first-order valence-electron chi connectivity index (χ1n) is 15.0. The Kier molecular flexibility index (Phi) is 20.6. The van der Waals surface area contributed by atoms with Crippen LogP contribution in [0.2, 0.25) is 0 Å². The molecule has 7 aromatic carbocycles. The maximum Gasteiger partial charge on any atom is 0.138 e. The van der Waals surface area contributed by atoms with Crippen LogP contribution in [0.15, 0.2) is 140 Å². The fourth-order valence-electron chi connectivity index (χ4n) is 6.26. The minimum Gasteiger partial charge on any atom is -0.479 e. The molecule has 254 valence electrons. The van der Waals surface area contributed by atoms with Gasteiger partial charge in [-0.3, -0.25) is 0 Å². The topological polar surface area (TPSA) is 18.5 Å². The zero-order valence-corrected chi connectivity index (χ0v) is 32.3. The fraction of sp³-hybridized carbons (Fsp3) is 0.0732. The maximum atomic E-state index is 6.14. The van der Waals surface area contributed by atoms with E-state index in [1.165, 1.54) is 16.7 Å². The summed E-state index contributed by atoms with van der Waals surface area (Å²) in [4.78, 5) is 0. The van der Waals surface area contributed by atoms with E-state index in [2.05, 4.69) is 167 Å². The Hall–Kier alpha value is 0.559. The van der Waals surface area contributed by atoms with Gasteiger partial charge in [0.1, 0.15) is 11.5 Å². The van der Waals surface area contributed by atoms with Gasteiger partial charge in [0.2, 0.25) is 0 Å². The molecule has 2 unspecified atom stereocenters. The van der Waals surface area contributed by atoms with Gasteiger partial charge in [-0.05, 0) is 65.6 Å². The second-order valence-corrected chi connectivity index (χ2v) is 11.8. The Labute approximate surface area is 415 Å². The van der Waals surface area contributed by atoms with Crippen molar-refractivity contribution in [3.05, 3.63) is 156 Å². The quantitative estimate of drug-likeness (QED) is 0.162. The molecule has 8 heteroatoms. The summed E-state index contributed by atoms with van der Waals surface area (Å²) in [6, 6.07) is 48.7. The van der Waals surface area contributed by atoms with Crippen LogP contribution in [-0.4, -0.2) is 0 Å². The number of hydrogen-bond donors (Lipinski definition) is 0. The van der Waals surface area contributed by atoms with Crippen LogP contribution < -0.4 is 9.05 Å². The molecular weight excluding hydrogens is 746 g/mol. The van der Waals surface area contributed by atoms with Gasteiger partial charge in [0.25, 0.3) is 0 Å². The average Bonchev–Trinajstić information content (AvgIpc) is 3.07. The summed E-state index contributed by atoms with van der Waals surface area (Å²) < 4.78 is 12.3. The Morgan fingerprint density at radius 1 is 0.388 bits per heavy atom. The van der Waals surface area contributed by atoms with Crippen molar-refractivity contribution in [3.8, 4) is 44.9 Å². The van der Waals surface area contributed by atoms with Crippen molar-refractivity contribution in [2.75, 3.05) is 0 Å². The first-order chi connectivity index (χ1) is 22.0. The predicted molar refractivity (Wildman–Crippen MR) is 199 cm³/mol. The average molecular weight is 782 g/mol. The molecule has 49 heavy (non-hydrogen) atoms. The van der Waals surface area contributed by atoms with Crippen molar-refractivity contribution in [2.45, 2.75) is 20.8 Å². The summed E-state index contributed by atoms with van der Waals surface area (Å²) in [6.45, 7) is 6.38. The van der Waals surface area contributed by atoms with Crippen LogP contribution in [0.25, 0.3) is 54.9 Å². The van der Waals surface area contributed by atoms with E-state index >= 15 is 0 Å². The van der Waals surface area contributed by atoms with E-state index in [0.29, 0.717) is 0 Å². The van der Waals surface area contributed by atoms with E-state index < -0.39 is 0 Å². The Morgan fingerprint density at radius 3 is 1.02 bits per heavy atom. The molecule has 0 aliphatic carbocycles. The van der Waals surface area contributed by atoms with Crippen LogP contribution in [0.1, 0.15) is 16.7 Å². The third kappa shape index (κ3) is 10.8. The van der Waals surface area contributed by atoms with Crippen LogP contribution in [0, 0.1) is 172 Å². The number of rotatable bonds is 5. The summed E-state index contributed by atoms with van der Waals surface area (Å²) >= 11 is 0. The van der Waals surface area contributed by atoms with Gasteiger partial charge in [-0.25, -0.2) is 0 Å². The van der Waals surface area contributed by atoms with Gasteiger partial charge in [0.15, 0.2) is 0 Å². The molecule has 0 saturated heterocycles. The van der Waals surface area contributed by atoms with Crippen molar-refractivity contribution in [2.24, 2.45) is 0 Å². The molecule has 0 amide bonds. The standard InChI is InChI=1S/C32H24O2P2.C9H12.4Ar/c35-33-31-27(21-11-3-1-4-12-21)19-23-15-7-9-17-25(23)29(31)30-26-18-10-8-16-24(26)20-28(32(30)34-36)22-13-5-2-6-14-22;1-7-4-8(2)6-9(3)5-7;;;;/h1-20H,35-36H2;4-6H,1-3H3;;;;. The van der Waals surface area contributed by atoms with Gasteiger partial charge in [0, 0.05) is 173 Å². The van der Waals surface area contributed by atoms with E-state index in [1.807, 2.05) is 12.1 Å². The minimum atomic E-state index is 0. The maximum absolute atomic E-state index is 6.14. The normalized spacial score (nSPS) is 9.90. The van der Waals surface area contributed by atoms with Gasteiger partial charge < -0.3 is 9.05 Å². The van der Waals surface area contributed by atoms with Gasteiger partial charge in [-0.15, -0.1) is 0 Å². The summed E-state index contributed by atoms with van der Waals surface area (Å²) in [5, 5.41) is 4.49. The van der Waals surface area contributed by atoms with Gasteiger partial charge in [-0.2, -0.15) is 0 Å². The molecule has 0 N–H and O–H groups in total. The van der Waals surface area contributed by atoms with Gasteiger partial charge in [0.05, 0.1) is 18.9 Å². The third-order valence-corrected chi connectivity index (χ3v) is 8.50. The van der Waals surface area contributed by atoms with Crippen LogP contribution >= 0.6 is 18.9 Å². The van der Waals surface area contributed by atoms with Gasteiger partial charge >= 0.3 is 0 Å². The molecule has 0 saturated carbocycles. The van der Waals surface area contributed by atoms with E-state index in [4.69, 9.17) is 9.05 Å². The number of aryl methyl sites for hydroxylation is 3. The zero-order valence-electron chi connectivity index (χ0n) is 27.2. The SMILES string of the molecule is Cc1cc(C)cc(C)c1.POc1c(-c2ccccc2)cc2ccccc2c1-c1c(OP)c(-c2ccccc2)cc2ccccc12.[Ar].[Ar].[Ar].[Ar]. The molecule has 7 rings (SSSR count). The molecule has 0 aliphatic rings. The molecule has 0 fully saturated rings. The Bertz CT molecular complexity index is 1950. The fourth-order valence-corrected chi connectivity index (χ4v) is 6.75. The summed E-state index contributed by atoms with van der Waals surface area (Å²) in [6.07, 6.45) is 0. The monoisotopic (exact) mass is 782 g/mol. The van der Waals surface area contributed by atoms with Crippen molar-refractivity contribution in [3.63, 3.8) is 0 Å².